The van der Waals surface area contributed by atoms with Crippen molar-refractivity contribution in [2.24, 2.45) is 0 Å². The second-order valence-corrected chi connectivity index (χ2v) is 7.35. The van der Waals surface area contributed by atoms with Gasteiger partial charge in [-0.15, -0.1) is 0 Å². The molecule has 2 aromatic rings. The average Bonchev–Trinajstić information content (AvgIpc) is 2.79. The molecule has 2 rings (SSSR count). The molecular weight excluding hydrogens is 410 g/mol. The summed E-state index contributed by atoms with van der Waals surface area (Å²) >= 11 is 0. The number of ether oxygens (including phenoxy) is 2. The van der Waals surface area contributed by atoms with Gasteiger partial charge in [0.1, 0.15) is 5.75 Å². The number of hydrogen-bond donors (Lipinski definition) is 2. The molecule has 1 unspecified atom stereocenters. The lowest BCUT2D eigenvalue weighted by Crippen LogP contribution is -2.34. The van der Waals surface area contributed by atoms with E-state index in [0.29, 0.717) is 17.8 Å². The Hall–Kier alpha value is -3.65. The molecule has 0 radical (unpaired) electrons. The highest BCUT2D eigenvalue weighted by Crippen LogP contribution is 2.20. The zero-order chi connectivity index (χ0) is 23.7. The molecule has 0 fully saturated rings. The van der Waals surface area contributed by atoms with E-state index in [1.165, 1.54) is 13.2 Å². The van der Waals surface area contributed by atoms with Gasteiger partial charge in [0.05, 0.1) is 25.8 Å². The Bertz CT molecular complexity index is 966. The Kier molecular flexibility index (Phi) is 8.97. The highest BCUT2D eigenvalue weighted by atomic mass is 16.5. The molecule has 0 aliphatic carbocycles. The maximum absolute atomic E-state index is 12.4. The summed E-state index contributed by atoms with van der Waals surface area (Å²) in [5, 5.41) is 5.54. The molecule has 32 heavy (non-hydrogen) atoms. The Morgan fingerprint density at radius 3 is 2.16 bits per heavy atom. The summed E-state index contributed by atoms with van der Waals surface area (Å²) in [6, 6.07) is 13.9. The summed E-state index contributed by atoms with van der Waals surface area (Å²) in [7, 11) is 6.78. The average molecular weight is 440 g/mol. The van der Waals surface area contributed by atoms with E-state index in [2.05, 4.69) is 15.4 Å². The number of rotatable bonds is 9. The number of nitrogens with one attached hydrogen (secondary N) is 2. The first kappa shape index (κ1) is 24.6. The van der Waals surface area contributed by atoms with Crippen molar-refractivity contribution in [3.8, 4) is 5.75 Å². The maximum Gasteiger partial charge on any atom is 0.337 e. The Labute approximate surface area is 188 Å². The van der Waals surface area contributed by atoms with Crippen LogP contribution in [0.15, 0.2) is 60.2 Å². The molecule has 0 aliphatic rings. The van der Waals surface area contributed by atoms with Crippen molar-refractivity contribution in [3.63, 3.8) is 0 Å². The molecule has 0 bridgehead atoms. The number of esters is 1. The smallest absolute Gasteiger partial charge is 0.337 e. The second-order valence-electron chi connectivity index (χ2n) is 7.35. The van der Waals surface area contributed by atoms with Gasteiger partial charge in [0, 0.05) is 23.9 Å². The van der Waals surface area contributed by atoms with Crippen LogP contribution in [-0.4, -0.2) is 57.5 Å². The lowest BCUT2D eigenvalue weighted by molar-refractivity contribution is -0.117. The standard InChI is InChI=1S/C24H29N3O5/c1-16(23(29)26-19-10-6-18(7-11-19)24(30)32-5)14-22(28)25-15-21(27(2)3)17-8-12-20(31-4)13-9-17/h6-14,21H,15H2,1-5H3,(H,25,28)(H,26,29)/b16-14+. The van der Waals surface area contributed by atoms with Crippen molar-refractivity contribution >= 4 is 23.5 Å². The van der Waals surface area contributed by atoms with Gasteiger partial charge in [-0.25, -0.2) is 4.79 Å². The van der Waals surface area contributed by atoms with Crippen molar-refractivity contribution < 1.29 is 23.9 Å². The van der Waals surface area contributed by atoms with E-state index in [4.69, 9.17) is 4.74 Å². The molecule has 0 aliphatic heterocycles. The molecule has 8 heteroatoms. The van der Waals surface area contributed by atoms with Gasteiger partial charge < -0.3 is 25.0 Å². The van der Waals surface area contributed by atoms with Gasteiger partial charge in [0.25, 0.3) is 5.91 Å². The monoisotopic (exact) mass is 439 g/mol. The van der Waals surface area contributed by atoms with E-state index >= 15 is 0 Å². The lowest BCUT2D eigenvalue weighted by atomic mass is 10.1. The molecule has 0 aromatic heterocycles. The van der Waals surface area contributed by atoms with Gasteiger partial charge in [0.15, 0.2) is 0 Å². The fraction of sp³-hybridized carbons (Fsp3) is 0.292. The van der Waals surface area contributed by atoms with Crippen LogP contribution in [-0.2, 0) is 14.3 Å². The molecule has 2 aromatic carbocycles. The predicted molar refractivity (Wildman–Crippen MR) is 123 cm³/mol. The zero-order valence-corrected chi connectivity index (χ0v) is 19.0. The first-order valence-corrected chi connectivity index (χ1v) is 10.0. The minimum atomic E-state index is -0.457. The van der Waals surface area contributed by atoms with Crippen LogP contribution in [0.4, 0.5) is 5.69 Å². The second kappa shape index (κ2) is 11.7. The van der Waals surface area contributed by atoms with Crippen molar-refractivity contribution in [3.05, 3.63) is 71.3 Å². The summed E-state index contributed by atoms with van der Waals surface area (Å²) < 4.78 is 9.83. The van der Waals surface area contributed by atoms with Crippen LogP contribution < -0.4 is 15.4 Å². The number of anilines is 1. The number of methoxy groups -OCH3 is 2. The van der Waals surface area contributed by atoms with Crippen LogP contribution in [0, 0.1) is 0 Å². The van der Waals surface area contributed by atoms with Crippen molar-refractivity contribution in [2.45, 2.75) is 13.0 Å². The van der Waals surface area contributed by atoms with Gasteiger partial charge in [0.2, 0.25) is 5.91 Å². The number of carbonyl (C=O) groups excluding carboxylic acids is 3. The minimum Gasteiger partial charge on any atom is -0.497 e. The van der Waals surface area contributed by atoms with Crippen LogP contribution in [0.3, 0.4) is 0 Å². The summed E-state index contributed by atoms with van der Waals surface area (Å²) in [6.07, 6.45) is 1.26. The third-order valence-corrected chi connectivity index (χ3v) is 4.86. The van der Waals surface area contributed by atoms with E-state index in [0.717, 1.165) is 11.3 Å². The van der Waals surface area contributed by atoms with Crippen LogP contribution in [0.25, 0.3) is 0 Å². The fourth-order valence-corrected chi connectivity index (χ4v) is 2.97. The molecule has 0 saturated carbocycles. The first-order valence-electron chi connectivity index (χ1n) is 10.0. The van der Waals surface area contributed by atoms with Gasteiger partial charge in [-0.3, -0.25) is 9.59 Å². The summed E-state index contributed by atoms with van der Waals surface area (Å²) in [4.78, 5) is 38.2. The number of nitrogens with zero attached hydrogens (tertiary/aromatic N) is 1. The van der Waals surface area contributed by atoms with Crippen LogP contribution in [0.1, 0.15) is 28.9 Å². The molecule has 1 atom stereocenters. The molecule has 8 nitrogen and oxygen atoms in total. The normalized spacial score (nSPS) is 12.1. The van der Waals surface area contributed by atoms with Crippen molar-refractivity contribution in [1.82, 2.24) is 10.2 Å². The number of amides is 2. The first-order chi connectivity index (χ1) is 15.2. The molecule has 0 spiro atoms. The van der Waals surface area contributed by atoms with E-state index in [9.17, 15) is 14.4 Å². The van der Waals surface area contributed by atoms with Gasteiger partial charge >= 0.3 is 5.97 Å². The molecule has 2 N–H and O–H groups in total. The van der Waals surface area contributed by atoms with Crippen molar-refractivity contribution in [1.29, 1.82) is 0 Å². The quantitative estimate of drug-likeness (QED) is 0.461. The number of hydrogen-bond acceptors (Lipinski definition) is 6. The lowest BCUT2D eigenvalue weighted by Gasteiger charge is -2.25. The Morgan fingerprint density at radius 1 is 1.00 bits per heavy atom. The number of benzene rings is 2. The molecular formula is C24H29N3O5. The Balaban J connectivity index is 1.95. The summed E-state index contributed by atoms with van der Waals surface area (Å²) in [5.74, 6) is -0.467. The van der Waals surface area contributed by atoms with Gasteiger partial charge in [-0.1, -0.05) is 12.1 Å². The van der Waals surface area contributed by atoms with Gasteiger partial charge in [-0.05, 0) is 63.0 Å². The third-order valence-electron chi connectivity index (χ3n) is 4.86. The van der Waals surface area contributed by atoms with E-state index < -0.39 is 11.9 Å². The highest BCUT2D eigenvalue weighted by Gasteiger charge is 2.16. The van der Waals surface area contributed by atoms with E-state index in [1.54, 1.807) is 38.3 Å². The number of likely N-dealkylation sites (N-methyl/N-ethyl adjacent to an activating group) is 1. The zero-order valence-electron chi connectivity index (χ0n) is 19.0. The predicted octanol–water partition coefficient (Wildman–Crippen LogP) is 2.79. The molecule has 2 amide bonds. The SMILES string of the molecule is COC(=O)c1ccc(NC(=O)/C(C)=C/C(=O)NCC(c2ccc(OC)cc2)N(C)C)cc1. The Morgan fingerprint density at radius 2 is 1.62 bits per heavy atom. The number of carbonyl (C=O) groups is 3. The molecule has 0 saturated heterocycles. The molecule has 170 valence electrons. The van der Waals surface area contributed by atoms with Crippen LogP contribution >= 0.6 is 0 Å². The summed E-state index contributed by atoms with van der Waals surface area (Å²) in [6.45, 7) is 1.93. The maximum atomic E-state index is 12.4. The largest absolute Gasteiger partial charge is 0.497 e. The van der Waals surface area contributed by atoms with Crippen molar-refractivity contribution in [2.75, 3.05) is 40.2 Å². The summed E-state index contributed by atoms with van der Waals surface area (Å²) in [5.41, 5.74) is 2.17. The minimum absolute atomic E-state index is 0.0410. The fourth-order valence-electron chi connectivity index (χ4n) is 2.97. The van der Waals surface area contributed by atoms with Crippen LogP contribution in [0.5, 0.6) is 5.75 Å². The third kappa shape index (κ3) is 6.95. The van der Waals surface area contributed by atoms with Gasteiger partial charge in [-0.2, -0.15) is 0 Å². The van der Waals surface area contributed by atoms with Crippen LogP contribution in [0.2, 0.25) is 0 Å². The van der Waals surface area contributed by atoms with E-state index in [-0.39, 0.29) is 17.5 Å². The molecule has 0 heterocycles. The van der Waals surface area contributed by atoms with E-state index in [1.807, 2.05) is 43.3 Å². The highest BCUT2D eigenvalue weighted by molar-refractivity contribution is 6.07. The topological polar surface area (TPSA) is 97.0 Å².